The molecule has 156 valence electrons. The first-order chi connectivity index (χ1) is 12.5. The lowest BCUT2D eigenvalue weighted by atomic mass is 10.1. The van der Waals surface area contributed by atoms with Gasteiger partial charge in [-0.3, -0.25) is 0 Å². The van der Waals surface area contributed by atoms with Gasteiger partial charge in [-0.2, -0.15) is 0 Å². The van der Waals surface area contributed by atoms with Gasteiger partial charge in [0.25, 0.3) is 0 Å². The van der Waals surface area contributed by atoms with Crippen molar-refractivity contribution in [3.8, 4) is 0 Å². The second kappa shape index (κ2) is 12.1. The molecule has 0 spiro atoms. The van der Waals surface area contributed by atoms with Crippen molar-refractivity contribution in [3.63, 3.8) is 0 Å². The molecular formula is C14H22O13. The van der Waals surface area contributed by atoms with Crippen LogP contribution in [0.15, 0.2) is 0 Å². The third-order valence-electron chi connectivity index (χ3n) is 3.22. The normalized spacial score (nSPS) is 16.5. The van der Waals surface area contributed by atoms with Crippen molar-refractivity contribution >= 4 is 23.9 Å². The number of ether oxygens (including phenoxy) is 2. The molecule has 0 saturated carbocycles. The summed E-state index contributed by atoms with van der Waals surface area (Å²) in [6, 6.07) is 0. The highest BCUT2D eigenvalue weighted by Gasteiger charge is 2.34. The van der Waals surface area contributed by atoms with Gasteiger partial charge in [-0.15, -0.1) is 0 Å². The lowest BCUT2D eigenvalue weighted by molar-refractivity contribution is -0.181. The zero-order valence-electron chi connectivity index (χ0n) is 14.0. The third kappa shape index (κ3) is 8.74. The van der Waals surface area contributed by atoms with E-state index in [1.165, 1.54) is 0 Å². The smallest absolute Gasteiger partial charge is 0.338 e. The summed E-state index contributed by atoms with van der Waals surface area (Å²) in [5, 5.41) is 62.6. The average Bonchev–Trinajstić information content (AvgIpc) is 2.62. The maximum Gasteiger partial charge on any atom is 0.338 e. The Labute approximate surface area is 152 Å². The second-order valence-corrected chi connectivity index (χ2v) is 5.36. The maximum atomic E-state index is 11.7. The van der Waals surface area contributed by atoms with Crippen molar-refractivity contribution < 1.29 is 64.4 Å². The summed E-state index contributed by atoms with van der Waals surface area (Å²) in [4.78, 5) is 44.2. The van der Waals surface area contributed by atoms with Gasteiger partial charge in [0, 0.05) is 6.61 Å². The molecular weight excluding hydrogens is 376 g/mol. The Morgan fingerprint density at radius 2 is 1.22 bits per heavy atom. The van der Waals surface area contributed by atoms with Gasteiger partial charge in [0.1, 0.15) is 12.7 Å². The molecule has 13 heteroatoms. The van der Waals surface area contributed by atoms with E-state index in [-0.39, 0.29) is 25.9 Å². The molecule has 0 aromatic rings. The summed E-state index contributed by atoms with van der Waals surface area (Å²) >= 11 is 0. The van der Waals surface area contributed by atoms with Crippen LogP contribution in [0.5, 0.6) is 0 Å². The minimum atomic E-state index is -2.45. The number of rotatable bonds is 13. The van der Waals surface area contributed by atoms with Gasteiger partial charge in [0.05, 0.1) is 0 Å². The van der Waals surface area contributed by atoms with E-state index < -0.39 is 61.0 Å². The molecule has 27 heavy (non-hydrogen) atoms. The van der Waals surface area contributed by atoms with Gasteiger partial charge in [-0.1, -0.05) is 0 Å². The van der Waals surface area contributed by atoms with Crippen LogP contribution in [0.25, 0.3) is 0 Å². The summed E-state index contributed by atoms with van der Waals surface area (Å²) in [6.07, 6.45) is -10.5. The van der Waals surface area contributed by atoms with Crippen molar-refractivity contribution in [2.24, 2.45) is 0 Å². The molecule has 0 saturated heterocycles. The Kier molecular flexibility index (Phi) is 11.1. The van der Waals surface area contributed by atoms with Crippen LogP contribution < -0.4 is 0 Å². The van der Waals surface area contributed by atoms with E-state index in [1.807, 2.05) is 0 Å². The number of aliphatic hydroxyl groups excluding tert-OH is 5. The first-order valence-electron chi connectivity index (χ1n) is 7.68. The van der Waals surface area contributed by atoms with E-state index in [9.17, 15) is 29.4 Å². The Morgan fingerprint density at radius 1 is 0.741 bits per heavy atom. The highest BCUT2D eigenvalue weighted by molar-refractivity contribution is 5.85. The van der Waals surface area contributed by atoms with Crippen molar-refractivity contribution in [1.29, 1.82) is 0 Å². The Bertz CT molecular complexity index is 519. The van der Waals surface area contributed by atoms with Crippen LogP contribution in [0.4, 0.5) is 0 Å². The van der Waals surface area contributed by atoms with E-state index in [1.54, 1.807) is 0 Å². The molecule has 5 atom stereocenters. The van der Waals surface area contributed by atoms with E-state index in [0.29, 0.717) is 0 Å². The van der Waals surface area contributed by atoms with E-state index in [4.69, 9.17) is 30.3 Å². The Balaban J connectivity index is 4.85. The highest BCUT2D eigenvalue weighted by atomic mass is 16.6. The molecule has 0 aliphatic carbocycles. The van der Waals surface area contributed by atoms with Crippen LogP contribution in [-0.2, 0) is 28.7 Å². The molecule has 0 aromatic heterocycles. The zero-order valence-corrected chi connectivity index (χ0v) is 14.0. The third-order valence-corrected chi connectivity index (χ3v) is 3.22. The van der Waals surface area contributed by atoms with Gasteiger partial charge in [-0.25, -0.2) is 19.2 Å². The van der Waals surface area contributed by atoms with Crippen molar-refractivity contribution in [1.82, 2.24) is 0 Å². The molecule has 7 N–H and O–H groups in total. The number of hydrogen-bond acceptors (Lipinski definition) is 11. The zero-order chi connectivity index (χ0) is 21.1. The molecule has 0 aliphatic heterocycles. The van der Waals surface area contributed by atoms with Crippen LogP contribution >= 0.6 is 0 Å². The molecule has 0 radical (unpaired) electrons. The van der Waals surface area contributed by atoms with Crippen LogP contribution in [-0.4, -0.2) is 103 Å². The van der Waals surface area contributed by atoms with Gasteiger partial charge < -0.3 is 45.2 Å². The lowest BCUT2D eigenvalue weighted by Gasteiger charge is -2.21. The molecule has 13 nitrogen and oxygen atoms in total. The molecule has 0 heterocycles. The minimum absolute atomic E-state index is 0.0208. The molecule has 0 aromatic carbocycles. The minimum Gasteiger partial charge on any atom is -0.479 e. The van der Waals surface area contributed by atoms with E-state index in [2.05, 4.69) is 4.74 Å². The fourth-order valence-corrected chi connectivity index (χ4v) is 1.68. The molecule has 0 aliphatic rings. The average molecular weight is 398 g/mol. The van der Waals surface area contributed by atoms with Gasteiger partial charge in [-0.05, 0) is 19.3 Å². The molecule has 0 bridgehead atoms. The number of hydrogen-bond donors (Lipinski definition) is 7. The number of esters is 2. The fraction of sp³-hybridized carbons (Fsp3) is 0.714. The maximum absolute atomic E-state index is 11.7. The van der Waals surface area contributed by atoms with Crippen molar-refractivity contribution in [2.45, 2.75) is 49.8 Å². The van der Waals surface area contributed by atoms with Crippen molar-refractivity contribution in [3.05, 3.63) is 0 Å². The molecule has 0 amide bonds. The van der Waals surface area contributed by atoms with E-state index in [0.717, 1.165) is 0 Å². The van der Waals surface area contributed by atoms with Crippen LogP contribution in [0.3, 0.4) is 0 Å². The van der Waals surface area contributed by atoms with Crippen LogP contribution in [0.1, 0.15) is 19.3 Å². The van der Waals surface area contributed by atoms with Crippen molar-refractivity contribution in [2.75, 3.05) is 13.2 Å². The summed E-state index contributed by atoms with van der Waals surface area (Å²) in [5.74, 6) is -6.81. The van der Waals surface area contributed by atoms with Gasteiger partial charge in [0.15, 0.2) is 24.4 Å². The summed E-state index contributed by atoms with van der Waals surface area (Å²) < 4.78 is 9.28. The Hall–Kier alpha value is -2.32. The lowest BCUT2D eigenvalue weighted by Crippen LogP contribution is -2.43. The number of unbranched alkanes of at least 4 members (excludes halogenated alkanes) is 1. The van der Waals surface area contributed by atoms with Crippen LogP contribution in [0, 0.1) is 0 Å². The molecule has 0 fully saturated rings. The number of carbonyl (C=O) groups is 4. The highest BCUT2D eigenvalue weighted by Crippen LogP contribution is 2.10. The predicted molar refractivity (Wildman–Crippen MR) is 81.1 cm³/mol. The van der Waals surface area contributed by atoms with E-state index >= 15 is 0 Å². The summed E-state index contributed by atoms with van der Waals surface area (Å²) in [6.45, 7) is -0.931. The number of aliphatic hydroxyl groups is 5. The SMILES string of the molecule is O=C(O)C(O)C(O)C(=O)OCC(CCCCO)OC(=O)C(O)C(O)C(=O)O. The number of aliphatic carboxylic acids is 2. The van der Waals surface area contributed by atoms with Gasteiger partial charge in [0.2, 0.25) is 0 Å². The topological polar surface area (TPSA) is 228 Å². The second-order valence-electron chi connectivity index (χ2n) is 5.36. The first-order valence-corrected chi connectivity index (χ1v) is 7.68. The molecule has 0 rings (SSSR count). The fourth-order valence-electron chi connectivity index (χ4n) is 1.68. The quantitative estimate of drug-likeness (QED) is 0.117. The largest absolute Gasteiger partial charge is 0.479 e. The molecule has 5 unspecified atom stereocenters. The summed E-state index contributed by atoms with van der Waals surface area (Å²) in [7, 11) is 0. The number of carbonyl (C=O) groups excluding carboxylic acids is 2. The number of carboxylic acids is 2. The predicted octanol–water partition coefficient (Wildman–Crippen LogP) is -3.78. The standard InChI is InChI=1S/C14H22O13/c15-4-2-1-3-6(27-14(25)10(19)8(17)12(22)23)5-26-13(24)9(18)7(16)11(20)21/h6-10,15-19H,1-5H2,(H,20,21)(H,22,23). The van der Waals surface area contributed by atoms with Crippen LogP contribution in [0.2, 0.25) is 0 Å². The van der Waals surface area contributed by atoms with Gasteiger partial charge >= 0.3 is 23.9 Å². The number of carboxylic acid groups (broad SMARTS) is 2. The Morgan fingerprint density at radius 3 is 1.67 bits per heavy atom. The summed E-state index contributed by atoms with van der Waals surface area (Å²) in [5.41, 5.74) is 0. The first kappa shape index (κ1) is 24.7. The monoisotopic (exact) mass is 398 g/mol.